The van der Waals surface area contributed by atoms with E-state index in [0.717, 1.165) is 5.56 Å². The fraction of sp³-hybridized carbons (Fsp3) is 0.250. The van der Waals surface area contributed by atoms with Gasteiger partial charge in [0.2, 0.25) is 5.91 Å². The van der Waals surface area contributed by atoms with Crippen molar-refractivity contribution in [1.29, 1.82) is 0 Å². The molecule has 0 bridgehead atoms. The third-order valence-electron chi connectivity index (χ3n) is 1.44. The SMILES string of the molecule is NC(=O)CONCc1ccncc1Cl. The zero-order chi connectivity index (χ0) is 10.4. The highest BCUT2D eigenvalue weighted by atomic mass is 35.5. The second-order valence-electron chi connectivity index (χ2n) is 2.54. The molecule has 76 valence electrons. The molecule has 14 heavy (non-hydrogen) atoms. The Hall–Kier alpha value is -1.17. The largest absolute Gasteiger partial charge is 0.368 e. The monoisotopic (exact) mass is 215 g/mol. The van der Waals surface area contributed by atoms with E-state index < -0.39 is 5.91 Å². The van der Waals surface area contributed by atoms with E-state index >= 15 is 0 Å². The summed E-state index contributed by atoms with van der Waals surface area (Å²) in [6.07, 6.45) is 3.16. The van der Waals surface area contributed by atoms with Crippen molar-refractivity contribution in [3.63, 3.8) is 0 Å². The topological polar surface area (TPSA) is 77.2 Å². The quantitative estimate of drug-likeness (QED) is 0.545. The van der Waals surface area contributed by atoms with Crippen molar-refractivity contribution in [2.24, 2.45) is 5.73 Å². The zero-order valence-corrected chi connectivity index (χ0v) is 8.12. The molecule has 0 saturated heterocycles. The van der Waals surface area contributed by atoms with Gasteiger partial charge in [0, 0.05) is 18.9 Å². The fourth-order valence-corrected chi connectivity index (χ4v) is 0.984. The maximum Gasteiger partial charge on any atom is 0.245 e. The number of amides is 1. The lowest BCUT2D eigenvalue weighted by molar-refractivity contribution is -0.125. The number of rotatable bonds is 5. The van der Waals surface area contributed by atoms with E-state index in [1.54, 1.807) is 12.3 Å². The number of hydrogen-bond acceptors (Lipinski definition) is 4. The van der Waals surface area contributed by atoms with Gasteiger partial charge in [-0.2, -0.15) is 5.48 Å². The van der Waals surface area contributed by atoms with Gasteiger partial charge in [0.1, 0.15) is 6.61 Å². The first-order valence-electron chi connectivity index (χ1n) is 3.91. The Morgan fingerprint density at radius 2 is 2.50 bits per heavy atom. The molecule has 0 aliphatic carbocycles. The highest BCUT2D eigenvalue weighted by molar-refractivity contribution is 6.31. The number of nitrogens with one attached hydrogen (secondary N) is 1. The number of aromatic nitrogens is 1. The molecule has 6 heteroatoms. The highest BCUT2D eigenvalue weighted by Crippen LogP contribution is 2.12. The molecule has 1 amide bonds. The molecule has 0 atom stereocenters. The van der Waals surface area contributed by atoms with Crippen molar-refractivity contribution < 1.29 is 9.63 Å². The predicted octanol–water partition coefficient (Wildman–Crippen LogP) is 0.242. The minimum absolute atomic E-state index is 0.164. The minimum atomic E-state index is -0.529. The van der Waals surface area contributed by atoms with Crippen LogP contribution in [0.5, 0.6) is 0 Å². The van der Waals surface area contributed by atoms with Crippen LogP contribution in [0.25, 0.3) is 0 Å². The molecule has 3 N–H and O–H groups in total. The first-order chi connectivity index (χ1) is 6.70. The first-order valence-corrected chi connectivity index (χ1v) is 4.29. The Labute approximate surface area is 86.2 Å². The van der Waals surface area contributed by atoms with Gasteiger partial charge < -0.3 is 5.73 Å². The van der Waals surface area contributed by atoms with Gasteiger partial charge >= 0.3 is 0 Å². The molecule has 5 nitrogen and oxygen atoms in total. The van der Waals surface area contributed by atoms with Gasteiger partial charge in [-0.1, -0.05) is 11.6 Å². The Bertz CT molecular complexity index is 319. The number of pyridine rings is 1. The number of carbonyl (C=O) groups excluding carboxylic acids is 1. The van der Waals surface area contributed by atoms with E-state index in [0.29, 0.717) is 11.6 Å². The Morgan fingerprint density at radius 1 is 1.71 bits per heavy atom. The number of carbonyl (C=O) groups is 1. The predicted molar refractivity (Wildman–Crippen MR) is 51.2 cm³/mol. The van der Waals surface area contributed by atoms with E-state index in [1.807, 2.05) is 0 Å². The number of hydroxylamine groups is 1. The smallest absolute Gasteiger partial charge is 0.245 e. The van der Waals surface area contributed by atoms with E-state index in [-0.39, 0.29) is 6.61 Å². The molecule has 0 fully saturated rings. The summed E-state index contributed by atoms with van der Waals surface area (Å²) in [5.74, 6) is -0.529. The van der Waals surface area contributed by atoms with Crippen LogP contribution in [0.2, 0.25) is 5.02 Å². The van der Waals surface area contributed by atoms with Crippen molar-refractivity contribution in [3.8, 4) is 0 Å². The van der Waals surface area contributed by atoms with E-state index in [9.17, 15) is 4.79 Å². The van der Waals surface area contributed by atoms with Gasteiger partial charge in [-0.25, -0.2) is 0 Å². The molecule has 0 unspecified atom stereocenters. The van der Waals surface area contributed by atoms with Gasteiger partial charge in [-0.3, -0.25) is 14.6 Å². The van der Waals surface area contributed by atoms with Gasteiger partial charge in [0.05, 0.1) is 5.02 Å². The molecular weight excluding hydrogens is 206 g/mol. The molecule has 1 aromatic heterocycles. The Balaban J connectivity index is 2.31. The molecule has 1 rings (SSSR count). The molecule has 0 radical (unpaired) electrons. The summed E-state index contributed by atoms with van der Waals surface area (Å²) in [6.45, 7) is 0.233. The summed E-state index contributed by atoms with van der Waals surface area (Å²) >= 11 is 5.82. The standard InChI is InChI=1S/C8H10ClN3O2/c9-7-4-11-2-1-6(7)3-12-14-5-8(10)13/h1-2,4,12H,3,5H2,(H2,10,13). The average Bonchev–Trinajstić information content (AvgIpc) is 2.15. The van der Waals surface area contributed by atoms with Gasteiger partial charge in [0.15, 0.2) is 0 Å². The van der Waals surface area contributed by atoms with Crippen LogP contribution in [0.15, 0.2) is 18.5 Å². The number of nitrogens with two attached hydrogens (primary N) is 1. The molecule has 0 aromatic carbocycles. The summed E-state index contributed by atoms with van der Waals surface area (Å²) < 4.78 is 0. The van der Waals surface area contributed by atoms with Crippen LogP contribution in [-0.4, -0.2) is 17.5 Å². The molecule has 0 spiro atoms. The lowest BCUT2D eigenvalue weighted by Gasteiger charge is -2.04. The van der Waals surface area contributed by atoms with Crippen molar-refractivity contribution >= 4 is 17.5 Å². The molecule has 0 aliphatic heterocycles. The summed E-state index contributed by atoms with van der Waals surface area (Å²) in [5, 5.41) is 0.544. The van der Waals surface area contributed by atoms with Gasteiger partial charge in [-0.05, 0) is 11.6 Å². The van der Waals surface area contributed by atoms with Crippen LogP contribution in [0, 0.1) is 0 Å². The average molecular weight is 216 g/mol. The van der Waals surface area contributed by atoms with Crippen molar-refractivity contribution in [3.05, 3.63) is 29.0 Å². The van der Waals surface area contributed by atoms with Crippen LogP contribution in [0.3, 0.4) is 0 Å². The fourth-order valence-electron chi connectivity index (χ4n) is 0.798. The number of primary amides is 1. The van der Waals surface area contributed by atoms with Gasteiger partial charge in [0.25, 0.3) is 0 Å². The molecule has 0 saturated carbocycles. The van der Waals surface area contributed by atoms with Crippen molar-refractivity contribution in [1.82, 2.24) is 10.5 Å². The third kappa shape index (κ3) is 3.69. The summed E-state index contributed by atoms with van der Waals surface area (Å²) in [4.78, 5) is 18.9. The first kappa shape index (κ1) is 10.9. The molecule has 0 aliphatic rings. The molecule has 1 aromatic rings. The lowest BCUT2D eigenvalue weighted by Crippen LogP contribution is -2.24. The summed E-state index contributed by atoms with van der Waals surface area (Å²) in [5.41, 5.74) is 8.26. The van der Waals surface area contributed by atoms with E-state index in [2.05, 4.69) is 10.5 Å². The van der Waals surface area contributed by atoms with E-state index in [1.165, 1.54) is 6.20 Å². The number of hydrogen-bond donors (Lipinski definition) is 2. The van der Waals surface area contributed by atoms with Crippen LogP contribution in [0.4, 0.5) is 0 Å². The van der Waals surface area contributed by atoms with Crippen LogP contribution in [-0.2, 0) is 16.2 Å². The lowest BCUT2D eigenvalue weighted by atomic mass is 10.3. The van der Waals surface area contributed by atoms with Crippen LogP contribution >= 0.6 is 11.6 Å². The summed E-state index contributed by atoms with van der Waals surface area (Å²) in [6, 6.07) is 1.75. The Morgan fingerprint density at radius 3 is 3.14 bits per heavy atom. The number of halogens is 1. The second kappa shape index (κ2) is 5.54. The Kier molecular flexibility index (Phi) is 4.31. The van der Waals surface area contributed by atoms with Crippen LogP contribution < -0.4 is 11.2 Å². The normalized spacial score (nSPS) is 10.1. The number of nitrogens with zero attached hydrogens (tertiary/aromatic N) is 1. The maximum absolute atomic E-state index is 10.3. The maximum atomic E-state index is 10.3. The van der Waals surface area contributed by atoms with Crippen molar-refractivity contribution in [2.75, 3.05) is 6.61 Å². The van der Waals surface area contributed by atoms with E-state index in [4.69, 9.17) is 22.2 Å². The summed E-state index contributed by atoms with van der Waals surface area (Å²) in [7, 11) is 0. The minimum Gasteiger partial charge on any atom is -0.368 e. The van der Waals surface area contributed by atoms with Crippen LogP contribution in [0.1, 0.15) is 5.56 Å². The zero-order valence-electron chi connectivity index (χ0n) is 7.37. The highest BCUT2D eigenvalue weighted by Gasteiger charge is 1.99. The van der Waals surface area contributed by atoms with Gasteiger partial charge in [-0.15, -0.1) is 0 Å². The second-order valence-corrected chi connectivity index (χ2v) is 2.95. The molecule has 1 heterocycles. The van der Waals surface area contributed by atoms with Crippen molar-refractivity contribution in [2.45, 2.75) is 6.54 Å². The third-order valence-corrected chi connectivity index (χ3v) is 1.78. The molecular formula is C8H10ClN3O2.